The molecule has 0 N–H and O–H groups in total. The molecule has 3 heterocycles. The van der Waals surface area contributed by atoms with Gasteiger partial charge in [0, 0.05) is 29.7 Å². The number of ether oxygens (including phenoxy) is 1. The minimum atomic E-state index is -2.56. The van der Waals surface area contributed by atoms with Crippen LogP contribution in [-0.4, -0.2) is 28.5 Å². The highest BCUT2D eigenvalue weighted by molar-refractivity contribution is 7.22. The monoisotopic (exact) mass is 775 g/mol. The Bertz CT molecular complexity index is 1850. The maximum atomic E-state index is 7.18. The summed E-state index contributed by atoms with van der Waals surface area (Å²) in [5.41, 5.74) is 3.61. The van der Waals surface area contributed by atoms with E-state index in [9.17, 15) is 0 Å². The topological polar surface area (TPSA) is 21.7 Å². The normalized spacial score (nSPS) is 13.8. The van der Waals surface area contributed by atoms with Crippen LogP contribution in [0.15, 0.2) is 102 Å². The van der Waals surface area contributed by atoms with Crippen molar-refractivity contribution in [1.29, 1.82) is 0 Å². The molecule has 3 nitrogen and oxygen atoms in total. The van der Waals surface area contributed by atoms with Crippen LogP contribution in [0.4, 0.5) is 5.69 Å². The van der Waals surface area contributed by atoms with E-state index in [4.69, 9.17) is 9.16 Å². The Morgan fingerprint density at radius 1 is 0.741 bits per heavy atom. The Labute approximate surface area is 335 Å². The molecular formula is C48H61NO2S2Si. The fourth-order valence-corrected chi connectivity index (χ4v) is 14.9. The zero-order valence-corrected chi connectivity index (χ0v) is 36.2. The second-order valence-corrected chi connectivity index (χ2v) is 22.4. The van der Waals surface area contributed by atoms with E-state index in [1.165, 1.54) is 93.2 Å². The maximum absolute atomic E-state index is 7.18. The van der Waals surface area contributed by atoms with Gasteiger partial charge in [-0.3, -0.25) is 0 Å². The van der Waals surface area contributed by atoms with Gasteiger partial charge in [-0.05, 0) is 82.4 Å². The van der Waals surface area contributed by atoms with Crippen molar-refractivity contribution >= 4 is 59.2 Å². The summed E-state index contributed by atoms with van der Waals surface area (Å²) in [7, 11) is -0.387. The second-order valence-electron chi connectivity index (χ2n) is 16.1. The predicted molar refractivity (Wildman–Crippen MR) is 240 cm³/mol. The zero-order valence-electron chi connectivity index (χ0n) is 33.5. The summed E-state index contributed by atoms with van der Waals surface area (Å²) < 4.78 is 14.2. The number of thiophene rings is 2. The van der Waals surface area contributed by atoms with Crippen molar-refractivity contribution in [2.45, 2.75) is 109 Å². The van der Waals surface area contributed by atoms with E-state index in [2.05, 4.69) is 161 Å². The summed E-state index contributed by atoms with van der Waals surface area (Å²) in [5.74, 6) is 1.09. The molecule has 0 saturated heterocycles. The van der Waals surface area contributed by atoms with Crippen molar-refractivity contribution in [2.75, 3.05) is 25.1 Å². The van der Waals surface area contributed by atoms with E-state index in [0.717, 1.165) is 25.1 Å². The van der Waals surface area contributed by atoms with Gasteiger partial charge in [0.2, 0.25) is 0 Å². The lowest BCUT2D eigenvalue weighted by atomic mass is 9.81. The minimum absolute atomic E-state index is 0.0338. The molecule has 3 aromatic carbocycles. The van der Waals surface area contributed by atoms with Gasteiger partial charge in [0.15, 0.2) is 0 Å². The number of hydrogen-bond donors (Lipinski definition) is 0. The summed E-state index contributed by atoms with van der Waals surface area (Å²) in [6, 6.07) is 35.5. The van der Waals surface area contributed by atoms with Gasteiger partial charge < -0.3 is 14.1 Å². The molecule has 0 atom stereocenters. The Kier molecular flexibility index (Phi) is 13.8. The summed E-state index contributed by atoms with van der Waals surface area (Å²) >= 11 is 3.75. The molecule has 5 aromatic rings. The van der Waals surface area contributed by atoms with Crippen molar-refractivity contribution in [3.63, 3.8) is 0 Å². The van der Waals surface area contributed by atoms with Crippen LogP contribution in [0.3, 0.4) is 0 Å². The molecule has 2 aromatic heterocycles. The van der Waals surface area contributed by atoms with Crippen LogP contribution < -0.4 is 20.0 Å². The number of benzene rings is 3. The predicted octanol–water partition coefficient (Wildman–Crippen LogP) is 13.2. The summed E-state index contributed by atoms with van der Waals surface area (Å²) in [6.45, 7) is 13.1. The molecule has 6 heteroatoms. The molecule has 0 spiro atoms. The first-order valence-corrected chi connectivity index (χ1v) is 24.0. The Hall–Kier alpha value is -3.42. The number of rotatable bonds is 19. The summed E-state index contributed by atoms with van der Waals surface area (Å²) in [4.78, 5) is 6.35. The van der Waals surface area contributed by atoms with Gasteiger partial charge in [-0.1, -0.05) is 152 Å². The molecule has 0 bridgehead atoms. The minimum Gasteiger partial charge on any atom is -0.481 e. The van der Waals surface area contributed by atoms with E-state index >= 15 is 0 Å². The molecule has 0 radical (unpaired) electrons. The van der Waals surface area contributed by atoms with Crippen molar-refractivity contribution in [3.05, 3.63) is 118 Å². The lowest BCUT2D eigenvalue weighted by Crippen LogP contribution is -2.67. The third-order valence-electron chi connectivity index (χ3n) is 11.2. The Balaban J connectivity index is 1.16. The van der Waals surface area contributed by atoms with Crippen molar-refractivity contribution in [3.8, 4) is 15.5 Å². The molecule has 286 valence electrons. The van der Waals surface area contributed by atoms with E-state index in [-0.39, 0.29) is 10.6 Å². The van der Waals surface area contributed by atoms with Crippen molar-refractivity contribution in [2.24, 2.45) is 0 Å². The van der Waals surface area contributed by atoms with E-state index < -0.39 is 8.32 Å². The lowest BCUT2D eigenvalue weighted by molar-refractivity contribution is 0.0398. The molecule has 0 aliphatic carbocycles. The Morgan fingerprint density at radius 2 is 1.35 bits per heavy atom. The molecule has 1 aliphatic heterocycles. The highest BCUT2D eigenvalue weighted by Gasteiger charge is 2.50. The molecule has 54 heavy (non-hydrogen) atoms. The fraction of sp³-hybridized carbons (Fsp3) is 0.417. The third kappa shape index (κ3) is 8.99. The first-order chi connectivity index (χ1) is 26.2. The van der Waals surface area contributed by atoms with Crippen LogP contribution in [0.25, 0.3) is 21.9 Å². The average Bonchev–Trinajstić information content (AvgIpc) is 3.84. The van der Waals surface area contributed by atoms with Gasteiger partial charge >= 0.3 is 0 Å². The van der Waals surface area contributed by atoms with Crippen LogP contribution >= 0.6 is 22.7 Å². The van der Waals surface area contributed by atoms with Crippen LogP contribution in [0.5, 0.6) is 5.75 Å². The van der Waals surface area contributed by atoms with Gasteiger partial charge in [0.25, 0.3) is 8.32 Å². The molecular weight excluding hydrogens is 715 g/mol. The van der Waals surface area contributed by atoms with Crippen molar-refractivity contribution < 1.29 is 9.16 Å². The maximum Gasteiger partial charge on any atom is 0.261 e. The lowest BCUT2D eigenvalue weighted by Gasteiger charge is -2.43. The number of hydrogen-bond acceptors (Lipinski definition) is 5. The summed E-state index contributed by atoms with van der Waals surface area (Å²) in [5, 5.41) is 4.81. The Morgan fingerprint density at radius 3 is 1.93 bits per heavy atom. The molecule has 0 fully saturated rings. The average molecular weight is 776 g/mol. The number of fused-ring (bicyclic) bond motifs is 3. The molecule has 1 aliphatic rings. The number of unbranched alkanes of at least 4 members (excludes halogenated alkanes) is 6. The second kappa shape index (κ2) is 18.5. The van der Waals surface area contributed by atoms with E-state index in [0.29, 0.717) is 6.61 Å². The number of nitrogens with zero attached hydrogens (tertiary/aromatic N) is 1. The highest BCUT2D eigenvalue weighted by Crippen LogP contribution is 2.55. The first kappa shape index (κ1) is 40.2. The van der Waals surface area contributed by atoms with Gasteiger partial charge in [0.1, 0.15) is 11.4 Å². The van der Waals surface area contributed by atoms with Crippen LogP contribution in [-0.2, 0) is 10.0 Å². The molecule has 6 rings (SSSR count). The van der Waals surface area contributed by atoms with Gasteiger partial charge in [-0.2, -0.15) is 0 Å². The van der Waals surface area contributed by atoms with Gasteiger partial charge in [-0.15, -0.1) is 22.7 Å². The SMILES string of the molecule is CCCCCCC1(CCCCCC)Oc2ccsc2-c2sc(/C=C/c3ccc(N(C)CCO[Si](c4ccccc4)(c4ccccc4)C(C)(C)C)cc3)cc21. The zero-order chi connectivity index (χ0) is 38.0. The quantitative estimate of drug-likeness (QED) is 0.0616. The van der Waals surface area contributed by atoms with Crippen LogP contribution in [0.1, 0.15) is 115 Å². The van der Waals surface area contributed by atoms with Crippen molar-refractivity contribution in [1.82, 2.24) is 0 Å². The van der Waals surface area contributed by atoms with Crippen LogP contribution in [0.2, 0.25) is 5.04 Å². The third-order valence-corrected chi connectivity index (χ3v) is 18.4. The highest BCUT2D eigenvalue weighted by atomic mass is 32.1. The smallest absolute Gasteiger partial charge is 0.261 e. The molecule has 0 saturated carbocycles. The first-order valence-electron chi connectivity index (χ1n) is 20.4. The molecule has 0 unspecified atom stereocenters. The standard InChI is InChI=1S/C48H61NO2S2Si/c1-7-9-11-19-32-48(33-20-12-10-8-2)43-37-40(53-45(43)46-44(51-48)31-36-52-46)30-27-38-25-28-39(29-26-38)49(6)34-35-50-54(47(3,4)5,41-21-15-13-16-22-41)42-23-17-14-18-24-42/h13-18,21-31,36-37H,7-12,19-20,32-35H2,1-6H3/b30-27+. The van der Waals surface area contributed by atoms with E-state index in [1.807, 2.05) is 22.7 Å². The summed E-state index contributed by atoms with van der Waals surface area (Å²) in [6.07, 6.45) is 16.9. The van der Waals surface area contributed by atoms with Gasteiger partial charge in [-0.25, -0.2) is 0 Å². The largest absolute Gasteiger partial charge is 0.481 e. The van der Waals surface area contributed by atoms with Gasteiger partial charge in [0.05, 0.1) is 16.4 Å². The molecule has 0 amide bonds. The van der Waals surface area contributed by atoms with E-state index in [1.54, 1.807) is 0 Å². The number of likely N-dealkylation sites (N-methyl/N-ethyl adjacent to an activating group) is 1. The fourth-order valence-electron chi connectivity index (χ4n) is 8.22. The van der Waals surface area contributed by atoms with Crippen LogP contribution in [0, 0.1) is 0 Å². The number of anilines is 1.